The molecule has 0 bridgehead atoms. The molecule has 0 aliphatic carbocycles. The lowest BCUT2D eigenvalue weighted by Gasteiger charge is -2.25. The van der Waals surface area contributed by atoms with Gasteiger partial charge in [-0.25, -0.2) is 0 Å². The maximum atomic E-state index is 12.8. The molecule has 1 fully saturated rings. The van der Waals surface area contributed by atoms with Gasteiger partial charge in [0.15, 0.2) is 0 Å². The fourth-order valence-electron chi connectivity index (χ4n) is 3.34. The van der Waals surface area contributed by atoms with Crippen LogP contribution < -0.4 is 5.32 Å². The zero-order valence-corrected chi connectivity index (χ0v) is 16.1. The van der Waals surface area contributed by atoms with Crippen molar-refractivity contribution in [1.29, 1.82) is 0 Å². The first-order valence-electron chi connectivity index (χ1n) is 9.14. The van der Waals surface area contributed by atoms with Gasteiger partial charge in [-0.15, -0.1) is 0 Å². The van der Waals surface area contributed by atoms with Gasteiger partial charge in [-0.2, -0.15) is 0 Å². The molecule has 1 aliphatic rings. The Morgan fingerprint density at radius 3 is 2.33 bits per heavy atom. The quantitative estimate of drug-likeness (QED) is 0.247. The van der Waals surface area contributed by atoms with Gasteiger partial charge in [0, 0.05) is 37.7 Å². The second-order valence-electron chi connectivity index (χ2n) is 6.69. The molecule has 2 aromatic carbocycles. The number of nitro groups is 1. The van der Waals surface area contributed by atoms with E-state index in [-0.39, 0.29) is 36.0 Å². The average Bonchev–Trinajstić information content (AvgIpc) is 2.98. The Labute approximate surface area is 171 Å². The van der Waals surface area contributed by atoms with E-state index in [2.05, 4.69) is 5.32 Å². The smallest absolute Gasteiger partial charge is 0.295 e. The lowest BCUT2D eigenvalue weighted by atomic mass is 9.95. The van der Waals surface area contributed by atoms with Gasteiger partial charge in [0.25, 0.3) is 17.4 Å². The predicted octanol–water partition coefficient (Wildman–Crippen LogP) is 2.15. The summed E-state index contributed by atoms with van der Waals surface area (Å²) in [5.41, 5.74) is 0.546. The van der Waals surface area contributed by atoms with E-state index >= 15 is 0 Å². The second kappa shape index (κ2) is 8.56. The summed E-state index contributed by atoms with van der Waals surface area (Å²) in [6.07, 6.45) is 0. The van der Waals surface area contributed by atoms with Crippen LogP contribution in [0.25, 0.3) is 5.76 Å². The molecule has 0 saturated carbocycles. The minimum atomic E-state index is -0.945. The minimum Gasteiger partial charge on any atom is -0.507 e. The van der Waals surface area contributed by atoms with E-state index in [1.807, 2.05) is 0 Å². The van der Waals surface area contributed by atoms with E-state index in [9.17, 15) is 29.6 Å². The van der Waals surface area contributed by atoms with Crippen LogP contribution in [0.2, 0.25) is 0 Å². The number of rotatable bonds is 6. The Morgan fingerprint density at radius 1 is 1.13 bits per heavy atom. The molecule has 154 valence electrons. The van der Waals surface area contributed by atoms with Crippen LogP contribution in [0.5, 0.6) is 0 Å². The highest BCUT2D eigenvalue weighted by Gasteiger charge is 2.45. The molecule has 2 N–H and O–H groups in total. The number of nitrogens with zero attached hydrogens (tertiary/aromatic N) is 2. The molecule has 9 nitrogen and oxygen atoms in total. The molecule has 0 radical (unpaired) electrons. The number of nitro benzene ring substituents is 1. The van der Waals surface area contributed by atoms with E-state index in [0.29, 0.717) is 11.1 Å². The van der Waals surface area contributed by atoms with E-state index in [4.69, 9.17) is 0 Å². The summed E-state index contributed by atoms with van der Waals surface area (Å²) in [5.74, 6) is -2.30. The van der Waals surface area contributed by atoms with E-state index in [0.717, 1.165) is 0 Å². The number of carbonyl (C=O) groups is 3. The molecular formula is C21H19N3O6. The average molecular weight is 409 g/mol. The first kappa shape index (κ1) is 20.7. The Hall–Kier alpha value is -4.01. The number of hydrogen-bond acceptors (Lipinski definition) is 6. The number of amides is 2. The van der Waals surface area contributed by atoms with Crippen LogP contribution in [0, 0.1) is 10.1 Å². The number of benzene rings is 2. The van der Waals surface area contributed by atoms with Crippen LogP contribution >= 0.6 is 0 Å². The highest BCUT2D eigenvalue weighted by Crippen LogP contribution is 2.39. The summed E-state index contributed by atoms with van der Waals surface area (Å²) in [7, 11) is 0. The maximum Gasteiger partial charge on any atom is 0.295 e. The lowest BCUT2D eigenvalue weighted by molar-refractivity contribution is -0.384. The molecule has 2 amide bonds. The van der Waals surface area contributed by atoms with Crippen molar-refractivity contribution in [2.24, 2.45) is 0 Å². The summed E-state index contributed by atoms with van der Waals surface area (Å²) in [5, 5.41) is 24.3. The van der Waals surface area contributed by atoms with E-state index in [1.165, 1.54) is 36.1 Å². The van der Waals surface area contributed by atoms with Gasteiger partial charge < -0.3 is 15.3 Å². The largest absolute Gasteiger partial charge is 0.507 e. The topological polar surface area (TPSA) is 130 Å². The van der Waals surface area contributed by atoms with E-state index < -0.39 is 22.7 Å². The zero-order valence-electron chi connectivity index (χ0n) is 16.1. The van der Waals surface area contributed by atoms with Crippen LogP contribution in [0.15, 0.2) is 60.2 Å². The van der Waals surface area contributed by atoms with Crippen LogP contribution in [0.3, 0.4) is 0 Å². The standard InChI is InChI=1S/C21H19N3O6/c1-13(25)22-11-12-23-18(14-7-9-16(10-8-14)24(29)30)17(20(27)21(23)28)19(26)15-5-3-2-4-6-15/h2-10,18,26H,11-12H2,1H3,(H,22,25)/b19-17+. The molecule has 2 aromatic rings. The monoisotopic (exact) mass is 409 g/mol. The van der Waals surface area contributed by atoms with Gasteiger partial charge >= 0.3 is 0 Å². The Balaban J connectivity index is 2.09. The van der Waals surface area contributed by atoms with Gasteiger partial charge in [-0.1, -0.05) is 30.3 Å². The SMILES string of the molecule is CC(=O)NCCN1C(=O)C(=O)/C(=C(/O)c2ccccc2)C1c1ccc([N+](=O)[O-])cc1. The van der Waals surface area contributed by atoms with Crippen LogP contribution in [-0.4, -0.2) is 45.6 Å². The van der Waals surface area contributed by atoms with Crippen LogP contribution in [-0.2, 0) is 14.4 Å². The Morgan fingerprint density at radius 2 is 1.77 bits per heavy atom. The van der Waals surface area contributed by atoms with Crippen molar-refractivity contribution in [3.8, 4) is 0 Å². The first-order chi connectivity index (χ1) is 14.3. The number of likely N-dealkylation sites (tertiary alicyclic amines) is 1. The van der Waals surface area contributed by atoms with Crippen molar-refractivity contribution >= 4 is 29.0 Å². The maximum absolute atomic E-state index is 12.8. The molecule has 0 spiro atoms. The Kier molecular flexibility index (Phi) is 5.91. The number of carbonyl (C=O) groups excluding carboxylic acids is 3. The minimum absolute atomic E-state index is 0.0252. The molecule has 1 aliphatic heterocycles. The van der Waals surface area contributed by atoms with Crippen molar-refractivity contribution in [1.82, 2.24) is 10.2 Å². The molecule has 9 heteroatoms. The summed E-state index contributed by atoms with van der Waals surface area (Å²) >= 11 is 0. The molecular weight excluding hydrogens is 390 g/mol. The lowest BCUT2D eigenvalue weighted by Crippen LogP contribution is -2.37. The van der Waals surface area contributed by atoms with Gasteiger partial charge in [0.2, 0.25) is 5.91 Å². The summed E-state index contributed by atoms with van der Waals surface area (Å²) in [4.78, 5) is 48.3. The molecule has 0 aromatic heterocycles. The highest BCUT2D eigenvalue weighted by atomic mass is 16.6. The van der Waals surface area contributed by atoms with Crippen molar-refractivity contribution in [2.75, 3.05) is 13.1 Å². The first-order valence-corrected chi connectivity index (χ1v) is 9.14. The molecule has 30 heavy (non-hydrogen) atoms. The summed E-state index contributed by atoms with van der Waals surface area (Å²) in [6.45, 7) is 1.46. The molecule has 1 unspecified atom stereocenters. The molecule has 1 saturated heterocycles. The Bertz CT molecular complexity index is 1030. The van der Waals surface area contributed by atoms with Crippen molar-refractivity contribution < 1.29 is 24.4 Å². The van der Waals surface area contributed by atoms with E-state index in [1.54, 1.807) is 30.3 Å². The third kappa shape index (κ3) is 4.04. The normalized spacial score (nSPS) is 17.8. The van der Waals surface area contributed by atoms with Gasteiger partial charge in [0.05, 0.1) is 16.5 Å². The second-order valence-corrected chi connectivity index (χ2v) is 6.69. The zero-order chi connectivity index (χ0) is 21.8. The van der Waals surface area contributed by atoms with Crippen LogP contribution in [0.4, 0.5) is 5.69 Å². The number of hydrogen-bond donors (Lipinski definition) is 2. The van der Waals surface area contributed by atoms with Gasteiger partial charge in [0.1, 0.15) is 5.76 Å². The molecule has 1 atom stereocenters. The number of Topliss-reactive ketones (excluding diaryl/α,β-unsaturated/α-hetero) is 1. The number of nitrogens with one attached hydrogen (secondary N) is 1. The third-order valence-corrected chi connectivity index (χ3v) is 4.73. The fourth-order valence-corrected chi connectivity index (χ4v) is 3.34. The highest BCUT2D eigenvalue weighted by molar-refractivity contribution is 6.46. The number of aliphatic hydroxyl groups is 1. The number of non-ortho nitro benzene ring substituents is 1. The number of ketones is 1. The summed E-state index contributed by atoms with van der Waals surface area (Å²) in [6, 6.07) is 12.8. The van der Waals surface area contributed by atoms with Crippen molar-refractivity contribution in [3.63, 3.8) is 0 Å². The van der Waals surface area contributed by atoms with Gasteiger partial charge in [-0.3, -0.25) is 24.5 Å². The number of aliphatic hydroxyl groups excluding tert-OH is 1. The van der Waals surface area contributed by atoms with Gasteiger partial charge in [-0.05, 0) is 17.7 Å². The summed E-state index contributed by atoms with van der Waals surface area (Å²) < 4.78 is 0. The van der Waals surface area contributed by atoms with Crippen molar-refractivity contribution in [3.05, 3.63) is 81.4 Å². The van der Waals surface area contributed by atoms with Crippen molar-refractivity contribution in [2.45, 2.75) is 13.0 Å². The fraction of sp³-hybridized carbons (Fsp3) is 0.190. The third-order valence-electron chi connectivity index (χ3n) is 4.73. The molecule has 1 heterocycles. The predicted molar refractivity (Wildman–Crippen MR) is 107 cm³/mol. The molecule has 3 rings (SSSR count). The van der Waals surface area contributed by atoms with Crippen LogP contribution in [0.1, 0.15) is 24.1 Å².